The van der Waals surface area contributed by atoms with Crippen LogP contribution in [0.15, 0.2) is 0 Å². The number of hydrogen-bond donors (Lipinski definition) is 1. The van der Waals surface area contributed by atoms with E-state index in [1.807, 2.05) is 6.92 Å². The monoisotopic (exact) mass is 228 g/mol. The third-order valence-electron chi connectivity index (χ3n) is 2.04. The van der Waals surface area contributed by atoms with Gasteiger partial charge in [0.2, 0.25) is 0 Å². The fraction of sp³-hybridized carbons (Fsp3) is 0.727. The highest BCUT2D eigenvalue weighted by molar-refractivity contribution is 7.11. The van der Waals surface area contributed by atoms with E-state index in [0.29, 0.717) is 12.6 Å². The minimum Gasteiger partial charge on any atom is -0.375 e. The first-order chi connectivity index (χ1) is 7.13. The van der Waals surface area contributed by atoms with Gasteiger partial charge in [0, 0.05) is 24.1 Å². The second kappa shape index (κ2) is 6.20. The molecule has 0 unspecified atom stereocenters. The Kier molecular flexibility index (Phi) is 5.22. The Bertz CT molecular complexity index is 297. The van der Waals surface area contributed by atoms with E-state index in [4.69, 9.17) is 4.74 Å². The predicted octanol–water partition coefficient (Wildman–Crippen LogP) is 2.49. The van der Waals surface area contributed by atoms with Gasteiger partial charge >= 0.3 is 0 Å². The van der Waals surface area contributed by atoms with Crippen LogP contribution < -0.4 is 5.32 Å². The van der Waals surface area contributed by atoms with Gasteiger partial charge in [0.1, 0.15) is 5.01 Å². The molecule has 0 amide bonds. The van der Waals surface area contributed by atoms with Crippen molar-refractivity contribution in [3.63, 3.8) is 0 Å². The topological polar surface area (TPSA) is 34.1 Å². The Morgan fingerprint density at radius 2 is 2.20 bits per heavy atom. The first kappa shape index (κ1) is 12.6. The number of rotatable bonds is 6. The summed E-state index contributed by atoms with van der Waals surface area (Å²) in [4.78, 5) is 5.80. The van der Waals surface area contributed by atoms with Gasteiger partial charge in [-0.25, -0.2) is 4.98 Å². The van der Waals surface area contributed by atoms with E-state index in [-0.39, 0.29) is 0 Å². The van der Waals surface area contributed by atoms with Crippen LogP contribution >= 0.6 is 11.3 Å². The normalized spacial score (nSPS) is 11.3. The van der Waals surface area contributed by atoms with Crippen molar-refractivity contribution in [3.05, 3.63) is 15.6 Å². The molecule has 0 aliphatic carbocycles. The fourth-order valence-corrected chi connectivity index (χ4v) is 2.16. The average molecular weight is 228 g/mol. The first-order valence-electron chi connectivity index (χ1n) is 5.39. The summed E-state index contributed by atoms with van der Waals surface area (Å²) in [6.45, 7) is 10.7. The zero-order valence-corrected chi connectivity index (χ0v) is 10.8. The van der Waals surface area contributed by atoms with E-state index in [1.165, 1.54) is 4.88 Å². The standard InChI is InChI=1S/C11H20N2OS/c1-5-14-7-11-13-9(4)10(15-11)6-12-8(2)3/h8,12H,5-7H2,1-4H3. The number of aromatic nitrogens is 1. The summed E-state index contributed by atoms with van der Waals surface area (Å²) in [6, 6.07) is 0.516. The predicted molar refractivity (Wildman–Crippen MR) is 64.2 cm³/mol. The lowest BCUT2D eigenvalue weighted by Gasteiger charge is -2.05. The maximum atomic E-state index is 5.34. The molecule has 0 bridgehead atoms. The van der Waals surface area contributed by atoms with Crippen LogP contribution in [0.2, 0.25) is 0 Å². The Labute approximate surface area is 95.9 Å². The van der Waals surface area contributed by atoms with E-state index in [0.717, 1.165) is 23.9 Å². The highest BCUT2D eigenvalue weighted by Gasteiger charge is 2.07. The minimum atomic E-state index is 0.516. The molecule has 0 spiro atoms. The van der Waals surface area contributed by atoms with Crippen molar-refractivity contribution in [3.8, 4) is 0 Å². The molecule has 0 fully saturated rings. The highest BCUT2D eigenvalue weighted by Crippen LogP contribution is 2.18. The molecule has 0 aromatic carbocycles. The van der Waals surface area contributed by atoms with E-state index in [1.54, 1.807) is 11.3 Å². The molecule has 1 N–H and O–H groups in total. The molecular formula is C11H20N2OS. The van der Waals surface area contributed by atoms with Crippen molar-refractivity contribution < 1.29 is 4.74 Å². The Morgan fingerprint density at radius 3 is 2.80 bits per heavy atom. The van der Waals surface area contributed by atoms with Crippen LogP contribution in [0.1, 0.15) is 36.3 Å². The fourth-order valence-electron chi connectivity index (χ4n) is 1.20. The van der Waals surface area contributed by atoms with E-state index in [9.17, 15) is 0 Å². The lowest BCUT2D eigenvalue weighted by atomic mass is 10.3. The summed E-state index contributed by atoms with van der Waals surface area (Å²) in [7, 11) is 0. The number of ether oxygens (including phenoxy) is 1. The Morgan fingerprint density at radius 1 is 1.47 bits per heavy atom. The number of aryl methyl sites for hydroxylation is 1. The smallest absolute Gasteiger partial charge is 0.119 e. The maximum absolute atomic E-state index is 5.34. The van der Waals surface area contributed by atoms with Crippen LogP contribution in [-0.2, 0) is 17.9 Å². The van der Waals surface area contributed by atoms with Gasteiger partial charge in [0.05, 0.1) is 12.3 Å². The molecule has 0 aliphatic rings. The van der Waals surface area contributed by atoms with E-state index < -0.39 is 0 Å². The van der Waals surface area contributed by atoms with E-state index >= 15 is 0 Å². The molecule has 4 heteroatoms. The van der Waals surface area contributed by atoms with Gasteiger partial charge < -0.3 is 10.1 Å². The third kappa shape index (κ3) is 4.28. The summed E-state index contributed by atoms with van der Waals surface area (Å²) in [6.07, 6.45) is 0. The summed E-state index contributed by atoms with van der Waals surface area (Å²) in [5.41, 5.74) is 1.13. The molecule has 1 aromatic rings. The van der Waals surface area contributed by atoms with Gasteiger partial charge in [-0.2, -0.15) is 0 Å². The van der Waals surface area contributed by atoms with Crippen molar-refractivity contribution in [1.29, 1.82) is 0 Å². The number of hydrogen-bond acceptors (Lipinski definition) is 4. The number of thiazole rings is 1. The number of nitrogens with one attached hydrogen (secondary N) is 1. The molecule has 3 nitrogen and oxygen atoms in total. The van der Waals surface area contributed by atoms with Crippen LogP contribution in [0, 0.1) is 6.92 Å². The van der Waals surface area contributed by atoms with Gasteiger partial charge in [-0.15, -0.1) is 11.3 Å². The van der Waals surface area contributed by atoms with Crippen molar-refractivity contribution in [2.75, 3.05) is 6.61 Å². The molecule has 0 aliphatic heterocycles. The van der Waals surface area contributed by atoms with Gasteiger partial charge in [0.15, 0.2) is 0 Å². The number of nitrogens with zero attached hydrogens (tertiary/aromatic N) is 1. The van der Waals surface area contributed by atoms with Crippen molar-refractivity contribution >= 4 is 11.3 Å². The van der Waals surface area contributed by atoms with Crippen LogP contribution in [0.4, 0.5) is 0 Å². The second-order valence-electron chi connectivity index (χ2n) is 3.79. The summed E-state index contributed by atoms with van der Waals surface area (Å²) >= 11 is 1.74. The highest BCUT2D eigenvalue weighted by atomic mass is 32.1. The lowest BCUT2D eigenvalue weighted by molar-refractivity contribution is 0.134. The van der Waals surface area contributed by atoms with Crippen molar-refractivity contribution in [1.82, 2.24) is 10.3 Å². The van der Waals surface area contributed by atoms with Crippen LogP contribution in [0.5, 0.6) is 0 Å². The lowest BCUT2D eigenvalue weighted by Crippen LogP contribution is -2.21. The third-order valence-corrected chi connectivity index (χ3v) is 3.17. The molecule has 0 saturated heterocycles. The van der Waals surface area contributed by atoms with Gasteiger partial charge in [0.25, 0.3) is 0 Å². The first-order valence-corrected chi connectivity index (χ1v) is 6.21. The van der Waals surface area contributed by atoms with Gasteiger partial charge in [-0.1, -0.05) is 13.8 Å². The summed E-state index contributed by atoms with van der Waals surface area (Å²) in [5.74, 6) is 0. The largest absolute Gasteiger partial charge is 0.375 e. The van der Waals surface area contributed by atoms with Gasteiger partial charge in [-0.3, -0.25) is 0 Å². The quantitative estimate of drug-likeness (QED) is 0.812. The second-order valence-corrected chi connectivity index (χ2v) is 4.96. The summed E-state index contributed by atoms with van der Waals surface area (Å²) in [5, 5.41) is 4.48. The van der Waals surface area contributed by atoms with Crippen molar-refractivity contribution in [2.45, 2.75) is 46.9 Å². The zero-order valence-electron chi connectivity index (χ0n) is 9.96. The molecule has 0 atom stereocenters. The average Bonchev–Trinajstić information content (AvgIpc) is 2.53. The molecule has 86 valence electrons. The Hall–Kier alpha value is -0.450. The van der Waals surface area contributed by atoms with Crippen LogP contribution in [-0.4, -0.2) is 17.6 Å². The molecule has 15 heavy (non-hydrogen) atoms. The molecular weight excluding hydrogens is 208 g/mol. The minimum absolute atomic E-state index is 0.516. The molecule has 0 radical (unpaired) electrons. The van der Waals surface area contributed by atoms with E-state index in [2.05, 4.69) is 31.1 Å². The van der Waals surface area contributed by atoms with Crippen molar-refractivity contribution in [2.24, 2.45) is 0 Å². The summed E-state index contributed by atoms with van der Waals surface area (Å²) < 4.78 is 5.34. The molecule has 0 saturated carbocycles. The molecule has 1 aromatic heterocycles. The maximum Gasteiger partial charge on any atom is 0.119 e. The van der Waals surface area contributed by atoms with Crippen LogP contribution in [0.25, 0.3) is 0 Å². The SMILES string of the molecule is CCOCc1nc(C)c(CNC(C)C)s1. The zero-order chi connectivity index (χ0) is 11.3. The Balaban J connectivity index is 2.52. The molecule has 1 rings (SSSR count). The molecule has 1 heterocycles. The van der Waals surface area contributed by atoms with Crippen LogP contribution in [0.3, 0.4) is 0 Å². The van der Waals surface area contributed by atoms with Gasteiger partial charge in [-0.05, 0) is 13.8 Å².